The van der Waals surface area contributed by atoms with E-state index in [1.54, 1.807) is 7.11 Å². The van der Waals surface area contributed by atoms with Gasteiger partial charge in [0.05, 0.1) is 17.8 Å². The fourth-order valence-corrected chi connectivity index (χ4v) is 1.75. The Bertz CT molecular complexity index is 353. The first kappa shape index (κ1) is 13.1. The molecule has 0 spiro atoms. The van der Waals surface area contributed by atoms with Crippen LogP contribution >= 0.6 is 11.6 Å². The van der Waals surface area contributed by atoms with Crippen LogP contribution in [-0.4, -0.2) is 20.2 Å². The number of nitrogens with two attached hydrogens (primary N) is 1. The van der Waals surface area contributed by atoms with Crippen molar-refractivity contribution in [3.05, 3.63) is 22.7 Å². The molecule has 0 heterocycles. The molecule has 90 valence electrons. The first-order chi connectivity index (χ1) is 7.60. The van der Waals surface area contributed by atoms with Gasteiger partial charge in [-0.05, 0) is 23.6 Å². The number of halogens is 1. The standard InChI is InChI=1S/C12H19ClN2O/c1-8(2)9-6-10(13)12(15-5-4-14)11(7-9)16-3/h6-8,15H,4-5,14H2,1-3H3. The fraction of sp³-hybridized carbons (Fsp3) is 0.500. The average molecular weight is 243 g/mol. The van der Waals surface area contributed by atoms with Gasteiger partial charge >= 0.3 is 0 Å². The highest BCUT2D eigenvalue weighted by Crippen LogP contribution is 2.35. The molecule has 0 saturated heterocycles. The molecular weight excluding hydrogens is 224 g/mol. The minimum absolute atomic E-state index is 0.426. The predicted octanol–water partition coefficient (Wildman–Crippen LogP) is 2.84. The van der Waals surface area contributed by atoms with Gasteiger partial charge in [0.1, 0.15) is 5.75 Å². The summed E-state index contributed by atoms with van der Waals surface area (Å²) in [5.41, 5.74) is 7.44. The zero-order chi connectivity index (χ0) is 12.1. The van der Waals surface area contributed by atoms with Crippen molar-refractivity contribution in [3.8, 4) is 5.75 Å². The number of ether oxygens (including phenoxy) is 1. The van der Waals surface area contributed by atoms with E-state index in [4.69, 9.17) is 22.1 Å². The van der Waals surface area contributed by atoms with Gasteiger partial charge < -0.3 is 15.8 Å². The molecule has 4 heteroatoms. The van der Waals surface area contributed by atoms with E-state index in [9.17, 15) is 0 Å². The zero-order valence-electron chi connectivity index (χ0n) is 10.0. The minimum Gasteiger partial charge on any atom is -0.495 e. The number of anilines is 1. The highest BCUT2D eigenvalue weighted by atomic mass is 35.5. The molecule has 3 nitrogen and oxygen atoms in total. The van der Waals surface area contributed by atoms with Crippen LogP contribution in [0.15, 0.2) is 12.1 Å². The molecule has 1 rings (SSSR count). The predicted molar refractivity (Wildman–Crippen MR) is 69.6 cm³/mol. The summed E-state index contributed by atoms with van der Waals surface area (Å²) < 4.78 is 5.33. The minimum atomic E-state index is 0.426. The van der Waals surface area contributed by atoms with Crippen molar-refractivity contribution in [1.82, 2.24) is 0 Å². The van der Waals surface area contributed by atoms with Gasteiger partial charge in [-0.25, -0.2) is 0 Å². The van der Waals surface area contributed by atoms with Gasteiger partial charge in [-0.1, -0.05) is 25.4 Å². The van der Waals surface area contributed by atoms with Crippen LogP contribution in [0, 0.1) is 0 Å². The third-order valence-corrected chi connectivity index (χ3v) is 2.71. The molecule has 0 bridgehead atoms. The van der Waals surface area contributed by atoms with Gasteiger partial charge in [0.2, 0.25) is 0 Å². The van der Waals surface area contributed by atoms with Crippen LogP contribution in [0.5, 0.6) is 5.75 Å². The Labute approximate surface area is 102 Å². The summed E-state index contributed by atoms with van der Waals surface area (Å²) in [4.78, 5) is 0. The molecule has 0 amide bonds. The summed E-state index contributed by atoms with van der Waals surface area (Å²) in [6.07, 6.45) is 0. The summed E-state index contributed by atoms with van der Waals surface area (Å²) >= 11 is 6.21. The molecule has 16 heavy (non-hydrogen) atoms. The lowest BCUT2D eigenvalue weighted by molar-refractivity contribution is 0.415. The smallest absolute Gasteiger partial charge is 0.143 e. The van der Waals surface area contributed by atoms with Crippen LogP contribution < -0.4 is 15.8 Å². The number of hydrogen-bond acceptors (Lipinski definition) is 3. The van der Waals surface area contributed by atoms with Gasteiger partial charge in [0, 0.05) is 13.1 Å². The van der Waals surface area contributed by atoms with E-state index in [0.29, 0.717) is 24.0 Å². The monoisotopic (exact) mass is 242 g/mol. The second-order valence-corrected chi connectivity index (χ2v) is 4.36. The summed E-state index contributed by atoms with van der Waals surface area (Å²) in [5.74, 6) is 1.19. The largest absolute Gasteiger partial charge is 0.495 e. The highest BCUT2D eigenvalue weighted by Gasteiger charge is 2.11. The highest BCUT2D eigenvalue weighted by molar-refractivity contribution is 6.33. The van der Waals surface area contributed by atoms with E-state index in [2.05, 4.69) is 19.2 Å². The zero-order valence-corrected chi connectivity index (χ0v) is 10.8. The van der Waals surface area contributed by atoms with Crippen molar-refractivity contribution in [3.63, 3.8) is 0 Å². The lowest BCUT2D eigenvalue weighted by Gasteiger charge is -2.15. The van der Waals surface area contributed by atoms with E-state index in [1.165, 1.54) is 5.56 Å². The van der Waals surface area contributed by atoms with Crippen LogP contribution in [0.25, 0.3) is 0 Å². The molecule has 0 radical (unpaired) electrons. The van der Waals surface area contributed by atoms with Gasteiger partial charge in [-0.2, -0.15) is 0 Å². The summed E-state index contributed by atoms with van der Waals surface area (Å²) in [7, 11) is 1.64. The molecule has 1 aromatic carbocycles. The first-order valence-corrected chi connectivity index (χ1v) is 5.79. The molecule has 0 aliphatic carbocycles. The maximum absolute atomic E-state index is 6.21. The lowest BCUT2D eigenvalue weighted by atomic mass is 10.0. The number of rotatable bonds is 5. The Morgan fingerprint density at radius 2 is 2.12 bits per heavy atom. The van der Waals surface area contributed by atoms with Crippen molar-refractivity contribution in [2.75, 3.05) is 25.5 Å². The summed E-state index contributed by atoms with van der Waals surface area (Å²) in [5, 5.41) is 3.84. The molecule has 0 fully saturated rings. The molecular formula is C12H19ClN2O. The van der Waals surface area contributed by atoms with E-state index in [0.717, 1.165) is 11.4 Å². The SMILES string of the molecule is COc1cc(C(C)C)cc(Cl)c1NCCN. The Morgan fingerprint density at radius 3 is 2.62 bits per heavy atom. The van der Waals surface area contributed by atoms with E-state index >= 15 is 0 Å². The van der Waals surface area contributed by atoms with E-state index in [1.807, 2.05) is 12.1 Å². The molecule has 0 saturated carbocycles. The fourth-order valence-electron chi connectivity index (χ4n) is 1.46. The van der Waals surface area contributed by atoms with Crippen LogP contribution in [0.4, 0.5) is 5.69 Å². The second-order valence-electron chi connectivity index (χ2n) is 3.95. The van der Waals surface area contributed by atoms with Crippen LogP contribution in [-0.2, 0) is 0 Å². The van der Waals surface area contributed by atoms with E-state index in [-0.39, 0.29) is 0 Å². The van der Waals surface area contributed by atoms with Crippen LogP contribution in [0.1, 0.15) is 25.3 Å². The lowest BCUT2D eigenvalue weighted by Crippen LogP contribution is -2.14. The van der Waals surface area contributed by atoms with Crippen molar-refractivity contribution < 1.29 is 4.74 Å². The topological polar surface area (TPSA) is 47.3 Å². The maximum atomic E-state index is 6.21. The molecule has 0 aromatic heterocycles. The number of nitrogens with one attached hydrogen (secondary N) is 1. The Hall–Kier alpha value is -0.930. The van der Waals surface area contributed by atoms with Crippen molar-refractivity contribution >= 4 is 17.3 Å². The Kier molecular flexibility index (Phi) is 4.90. The molecule has 0 aliphatic rings. The molecule has 3 N–H and O–H groups in total. The summed E-state index contributed by atoms with van der Waals surface area (Å²) in [6.45, 7) is 5.48. The Morgan fingerprint density at radius 1 is 1.44 bits per heavy atom. The van der Waals surface area contributed by atoms with Crippen molar-refractivity contribution in [2.24, 2.45) is 5.73 Å². The number of benzene rings is 1. The quantitative estimate of drug-likeness (QED) is 0.835. The molecule has 0 aliphatic heterocycles. The third kappa shape index (κ3) is 3.03. The van der Waals surface area contributed by atoms with E-state index < -0.39 is 0 Å². The normalized spacial score (nSPS) is 10.6. The Balaban J connectivity index is 3.07. The van der Waals surface area contributed by atoms with Gasteiger partial charge in [-0.3, -0.25) is 0 Å². The third-order valence-electron chi connectivity index (χ3n) is 2.41. The average Bonchev–Trinajstić information content (AvgIpc) is 2.26. The van der Waals surface area contributed by atoms with Gasteiger partial charge in [-0.15, -0.1) is 0 Å². The molecule has 0 unspecified atom stereocenters. The molecule has 0 atom stereocenters. The first-order valence-electron chi connectivity index (χ1n) is 5.41. The van der Waals surface area contributed by atoms with Gasteiger partial charge in [0.15, 0.2) is 0 Å². The van der Waals surface area contributed by atoms with Gasteiger partial charge in [0.25, 0.3) is 0 Å². The number of hydrogen-bond donors (Lipinski definition) is 2. The molecule has 1 aromatic rings. The van der Waals surface area contributed by atoms with Crippen LogP contribution in [0.2, 0.25) is 5.02 Å². The van der Waals surface area contributed by atoms with Crippen LogP contribution in [0.3, 0.4) is 0 Å². The van der Waals surface area contributed by atoms with Crippen molar-refractivity contribution in [1.29, 1.82) is 0 Å². The second kappa shape index (κ2) is 5.97. The number of methoxy groups -OCH3 is 1. The maximum Gasteiger partial charge on any atom is 0.143 e. The summed E-state index contributed by atoms with van der Waals surface area (Å²) in [6, 6.07) is 3.98. The van der Waals surface area contributed by atoms with Crippen molar-refractivity contribution in [2.45, 2.75) is 19.8 Å².